The monoisotopic (exact) mass is 236 g/mol. The quantitative estimate of drug-likeness (QED) is 0.754. The number of hydrogen-bond acceptors (Lipinski definition) is 4. The number of allylic oxidation sites excluding steroid dienone is 2. The number of aromatic nitrogens is 2. The Kier molecular flexibility index (Phi) is 3.83. The predicted molar refractivity (Wildman–Crippen MR) is 64.8 cm³/mol. The first-order chi connectivity index (χ1) is 7.83. The van der Waals surface area contributed by atoms with Crippen LogP contribution in [-0.2, 0) is 6.42 Å². The molecule has 0 aromatic carbocycles. The molecule has 0 atom stereocenters. The summed E-state index contributed by atoms with van der Waals surface area (Å²) in [6.45, 7) is 2.09. The zero-order valence-electron chi connectivity index (χ0n) is 9.53. The minimum absolute atomic E-state index is 0.165. The van der Waals surface area contributed by atoms with Crippen LogP contribution in [0.2, 0.25) is 0 Å². The molecule has 1 heterocycles. The lowest BCUT2D eigenvalue weighted by molar-refractivity contribution is 0.103. The van der Waals surface area contributed by atoms with Gasteiger partial charge in [0, 0.05) is 0 Å². The van der Waals surface area contributed by atoms with Crippen LogP contribution in [-0.4, -0.2) is 15.4 Å². The fourth-order valence-electron chi connectivity index (χ4n) is 1.97. The summed E-state index contributed by atoms with van der Waals surface area (Å²) in [6, 6.07) is 0. The van der Waals surface area contributed by atoms with Crippen LogP contribution in [0, 0.1) is 0 Å². The number of aryl methyl sites for hydroxylation is 1. The van der Waals surface area contributed by atoms with Crippen LogP contribution in [0.1, 0.15) is 54.4 Å². The first-order valence-corrected chi connectivity index (χ1v) is 6.65. The van der Waals surface area contributed by atoms with Gasteiger partial charge in [-0.05, 0) is 49.2 Å². The zero-order chi connectivity index (χ0) is 11.4. The Balaban J connectivity index is 2.19. The van der Waals surface area contributed by atoms with Crippen molar-refractivity contribution in [1.82, 2.24) is 9.59 Å². The van der Waals surface area contributed by atoms with Gasteiger partial charge in [0.1, 0.15) is 4.88 Å². The van der Waals surface area contributed by atoms with Gasteiger partial charge >= 0.3 is 0 Å². The van der Waals surface area contributed by atoms with E-state index in [2.05, 4.69) is 22.6 Å². The maximum Gasteiger partial charge on any atom is 0.202 e. The van der Waals surface area contributed by atoms with Gasteiger partial charge in [0.2, 0.25) is 5.78 Å². The third kappa shape index (κ3) is 2.38. The third-order valence-corrected chi connectivity index (χ3v) is 3.60. The lowest BCUT2D eigenvalue weighted by Gasteiger charge is -2.10. The SMILES string of the molecule is CCCc1nnsc1C(=O)C1=CCCCC1. The molecule has 1 aromatic heterocycles. The van der Waals surface area contributed by atoms with E-state index in [1.807, 2.05) is 0 Å². The highest BCUT2D eigenvalue weighted by molar-refractivity contribution is 7.08. The Labute approximate surface area is 99.7 Å². The Morgan fingerprint density at radius 2 is 2.38 bits per heavy atom. The van der Waals surface area contributed by atoms with E-state index in [0.29, 0.717) is 0 Å². The molecule has 16 heavy (non-hydrogen) atoms. The Morgan fingerprint density at radius 3 is 3.06 bits per heavy atom. The van der Waals surface area contributed by atoms with E-state index in [9.17, 15) is 4.79 Å². The van der Waals surface area contributed by atoms with Gasteiger partial charge in [0.25, 0.3) is 0 Å². The van der Waals surface area contributed by atoms with Gasteiger partial charge in [-0.25, -0.2) is 0 Å². The van der Waals surface area contributed by atoms with Crippen LogP contribution in [0.3, 0.4) is 0 Å². The second kappa shape index (κ2) is 5.34. The maximum absolute atomic E-state index is 12.2. The molecular formula is C12H16N2OS. The Bertz CT molecular complexity index is 409. The van der Waals surface area contributed by atoms with Crippen molar-refractivity contribution >= 4 is 17.3 Å². The van der Waals surface area contributed by atoms with Gasteiger partial charge in [-0.2, -0.15) is 0 Å². The normalized spacial score (nSPS) is 15.9. The topological polar surface area (TPSA) is 42.9 Å². The first kappa shape index (κ1) is 11.5. The van der Waals surface area contributed by atoms with Gasteiger partial charge in [-0.1, -0.05) is 23.9 Å². The van der Waals surface area contributed by atoms with E-state index in [0.717, 1.165) is 48.2 Å². The molecule has 0 unspecified atom stereocenters. The lowest BCUT2D eigenvalue weighted by Crippen LogP contribution is -2.07. The van der Waals surface area contributed by atoms with E-state index in [4.69, 9.17) is 0 Å². The van der Waals surface area contributed by atoms with Crippen LogP contribution in [0.15, 0.2) is 11.6 Å². The highest BCUT2D eigenvalue weighted by atomic mass is 32.1. The maximum atomic E-state index is 12.2. The van der Waals surface area contributed by atoms with Gasteiger partial charge in [-0.3, -0.25) is 4.79 Å². The van der Waals surface area contributed by atoms with Crippen molar-refractivity contribution in [2.24, 2.45) is 0 Å². The summed E-state index contributed by atoms with van der Waals surface area (Å²) in [4.78, 5) is 13.0. The number of nitrogens with zero attached hydrogens (tertiary/aromatic N) is 2. The molecule has 0 bridgehead atoms. The summed E-state index contributed by atoms with van der Waals surface area (Å²) >= 11 is 1.24. The largest absolute Gasteiger partial charge is 0.288 e. The lowest BCUT2D eigenvalue weighted by atomic mass is 9.95. The molecule has 0 spiro atoms. The van der Waals surface area contributed by atoms with Crippen molar-refractivity contribution in [1.29, 1.82) is 0 Å². The molecular weight excluding hydrogens is 220 g/mol. The summed E-state index contributed by atoms with van der Waals surface area (Å²) in [5.41, 5.74) is 1.85. The first-order valence-electron chi connectivity index (χ1n) is 5.88. The Morgan fingerprint density at radius 1 is 1.50 bits per heavy atom. The summed E-state index contributed by atoms with van der Waals surface area (Å²) < 4.78 is 3.90. The molecule has 0 aliphatic heterocycles. The minimum atomic E-state index is 0.165. The molecule has 1 aliphatic carbocycles. The standard InChI is InChI=1S/C12H16N2OS/c1-2-6-10-12(16-14-13-10)11(15)9-7-4-3-5-8-9/h7H,2-6,8H2,1H3. The van der Waals surface area contributed by atoms with Crippen molar-refractivity contribution in [3.05, 3.63) is 22.2 Å². The van der Waals surface area contributed by atoms with Gasteiger partial charge in [0.15, 0.2) is 0 Å². The fourth-order valence-corrected chi connectivity index (χ4v) is 2.65. The van der Waals surface area contributed by atoms with E-state index in [1.54, 1.807) is 0 Å². The van der Waals surface area contributed by atoms with Crippen molar-refractivity contribution in [2.75, 3.05) is 0 Å². The number of Topliss-reactive ketones (excluding diaryl/α,β-unsaturated/α-hetero) is 1. The molecule has 0 N–H and O–H groups in total. The predicted octanol–water partition coefficient (Wildman–Crippen LogP) is 3.17. The molecule has 1 aliphatic rings. The molecule has 0 fully saturated rings. The summed E-state index contributed by atoms with van der Waals surface area (Å²) in [5, 5.41) is 4.04. The van der Waals surface area contributed by atoms with E-state index < -0.39 is 0 Å². The van der Waals surface area contributed by atoms with Crippen molar-refractivity contribution in [3.63, 3.8) is 0 Å². The van der Waals surface area contributed by atoms with Crippen LogP contribution in [0.5, 0.6) is 0 Å². The molecule has 0 radical (unpaired) electrons. The van der Waals surface area contributed by atoms with E-state index in [1.165, 1.54) is 18.0 Å². The number of ketones is 1. The molecule has 0 saturated carbocycles. The zero-order valence-corrected chi connectivity index (χ0v) is 10.3. The third-order valence-electron chi connectivity index (χ3n) is 2.83. The molecule has 3 nitrogen and oxygen atoms in total. The van der Waals surface area contributed by atoms with Gasteiger partial charge in [-0.15, -0.1) is 5.10 Å². The van der Waals surface area contributed by atoms with Gasteiger partial charge < -0.3 is 0 Å². The number of hydrogen-bond donors (Lipinski definition) is 0. The average molecular weight is 236 g/mol. The average Bonchev–Trinajstić information content (AvgIpc) is 2.78. The number of rotatable bonds is 4. The fraction of sp³-hybridized carbons (Fsp3) is 0.583. The van der Waals surface area contributed by atoms with Gasteiger partial charge in [0.05, 0.1) is 5.69 Å². The molecule has 2 rings (SSSR count). The van der Waals surface area contributed by atoms with Crippen LogP contribution < -0.4 is 0 Å². The second-order valence-corrected chi connectivity index (χ2v) is 4.86. The minimum Gasteiger partial charge on any atom is -0.288 e. The summed E-state index contributed by atoms with van der Waals surface area (Å²) in [6.07, 6.45) is 8.24. The molecule has 0 amide bonds. The molecule has 0 saturated heterocycles. The van der Waals surface area contributed by atoms with Crippen LogP contribution >= 0.6 is 11.5 Å². The highest BCUT2D eigenvalue weighted by Gasteiger charge is 2.20. The summed E-state index contributed by atoms with van der Waals surface area (Å²) in [5.74, 6) is 0.165. The smallest absolute Gasteiger partial charge is 0.202 e. The van der Waals surface area contributed by atoms with Crippen molar-refractivity contribution < 1.29 is 4.79 Å². The molecule has 4 heteroatoms. The molecule has 1 aromatic rings. The van der Waals surface area contributed by atoms with Crippen molar-refractivity contribution in [3.8, 4) is 0 Å². The number of carbonyl (C=O) groups is 1. The van der Waals surface area contributed by atoms with Crippen molar-refractivity contribution in [2.45, 2.75) is 45.4 Å². The second-order valence-electron chi connectivity index (χ2n) is 4.10. The number of carbonyl (C=O) groups excluding carboxylic acids is 1. The van der Waals surface area contributed by atoms with E-state index in [-0.39, 0.29) is 5.78 Å². The van der Waals surface area contributed by atoms with Crippen LogP contribution in [0.4, 0.5) is 0 Å². The highest BCUT2D eigenvalue weighted by Crippen LogP contribution is 2.24. The molecule has 86 valence electrons. The Hall–Kier alpha value is -1.03. The summed E-state index contributed by atoms with van der Waals surface area (Å²) in [7, 11) is 0. The van der Waals surface area contributed by atoms with Crippen LogP contribution in [0.25, 0.3) is 0 Å². The van der Waals surface area contributed by atoms with E-state index >= 15 is 0 Å².